The smallest absolute Gasteiger partial charge is 0.568 e. The highest BCUT2D eigenvalue weighted by atomic mass is 19.1. The lowest BCUT2D eigenvalue weighted by atomic mass is 9.64. The van der Waals surface area contributed by atoms with Crippen LogP contribution in [-0.4, -0.2) is 48.1 Å². The van der Waals surface area contributed by atoms with Crippen LogP contribution in [0.2, 0.25) is 0 Å². The molecule has 2 atom stereocenters. The third-order valence-corrected chi connectivity index (χ3v) is 5.58. The summed E-state index contributed by atoms with van der Waals surface area (Å²) in [7, 11) is 3.62. The van der Waals surface area contributed by atoms with E-state index in [1.807, 2.05) is 74.8 Å². The Kier molecular flexibility index (Phi) is 4.65. The van der Waals surface area contributed by atoms with Crippen LogP contribution in [0.5, 0.6) is 0 Å². The minimum atomic E-state index is -3.25. The molecular weight excluding hydrogens is 366 g/mol. The Morgan fingerprint density at radius 3 is 2.41 bits per heavy atom. The van der Waals surface area contributed by atoms with Crippen molar-refractivity contribution in [3.05, 3.63) is 78.4 Å². The molecule has 6 heteroatoms. The maximum absolute atomic E-state index is 16.7. The molecule has 29 heavy (non-hydrogen) atoms. The molecule has 0 saturated carbocycles. The van der Waals surface area contributed by atoms with E-state index in [-0.39, 0.29) is 0 Å². The Labute approximate surface area is 170 Å². The van der Waals surface area contributed by atoms with E-state index in [0.29, 0.717) is 11.9 Å². The number of halogens is 1. The highest BCUT2D eigenvalue weighted by Crippen LogP contribution is 2.34. The maximum Gasteiger partial charge on any atom is 0.568 e. The first-order valence-corrected chi connectivity index (χ1v) is 9.73. The number of carbonyl (C=O) groups is 1. The quantitative estimate of drug-likeness (QED) is 0.507. The van der Waals surface area contributed by atoms with E-state index in [4.69, 9.17) is 4.65 Å². The van der Waals surface area contributed by atoms with Gasteiger partial charge in [0.05, 0.1) is 14.1 Å². The fourth-order valence-corrected chi connectivity index (χ4v) is 4.19. The SMILES string of the molecule is CN(C)/C=[N+]1/[B-](F)(c2cccc3ccccc23)OC(=O)[C@@]1(C)Cc1ccccc1. The number of fused-ring (bicyclic) bond motifs is 1. The van der Waals surface area contributed by atoms with Gasteiger partial charge < -0.3 is 13.5 Å². The van der Waals surface area contributed by atoms with Crippen molar-refractivity contribution in [2.45, 2.75) is 18.9 Å². The predicted molar refractivity (Wildman–Crippen MR) is 115 cm³/mol. The van der Waals surface area contributed by atoms with Gasteiger partial charge in [0, 0.05) is 6.42 Å². The Morgan fingerprint density at radius 1 is 1.03 bits per heavy atom. The number of carbonyl (C=O) groups excluding carboxylic acids is 1. The van der Waals surface area contributed by atoms with Gasteiger partial charge in [-0.25, -0.2) is 0 Å². The molecule has 0 N–H and O–H groups in total. The summed E-state index contributed by atoms with van der Waals surface area (Å²) in [5.41, 5.74) is 0.158. The van der Waals surface area contributed by atoms with Crippen molar-refractivity contribution in [3.8, 4) is 0 Å². The van der Waals surface area contributed by atoms with E-state index in [1.165, 1.54) is 4.49 Å². The second kappa shape index (κ2) is 7.03. The highest BCUT2D eigenvalue weighted by molar-refractivity contribution is 6.78. The Hall–Kier alpha value is -3.15. The largest absolute Gasteiger partial charge is 0.619 e. The van der Waals surface area contributed by atoms with Crippen LogP contribution in [0.3, 0.4) is 0 Å². The molecule has 1 heterocycles. The number of hydrogen-bond donors (Lipinski definition) is 0. The standard InChI is InChI=1S/C23H24BFN2O2/c1-23(16-18-10-5-4-6-11-18)22(28)29-24(25,27(23)17-26(2)3)21-15-9-13-19-12-7-8-14-20(19)21/h4-15,17H,16H2,1-3H3/b27-17+/t23-,24?/m1/s1. The Bertz CT molecular complexity index is 1100. The lowest BCUT2D eigenvalue weighted by molar-refractivity contribution is -0.474. The van der Waals surface area contributed by atoms with Crippen molar-refractivity contribution in [2.24, 2.45) is 0 Å². The second-order valence-corrected chi connectivity index (χ2v) is 8.04. The van der Waals surface area contributed by atoms with E-state index in [2.05, 4.69) is 0 Å². The summed E-state index contributed by atoms with van der Waals surface area (Å²) in [6.07, 6.45) is 1.98. The van der Waals surface area contributed by atoms with Crippen LogP contribution in [0.25, 0.3) is 10.8 Å². The molecule has 1 aliphatic heterocycles. The number of nitrogens with zero attached hydrogens (tertiary/aromatic N) is 2. The monoisotopic (exact) mass is 390 g/mol. The molecule has 4 nitrogen and oxygen atoms in total. The zero-order chi connectivity index (χ0) is 20.6. The number of rotatable bonds is 4. The van der Waals surface area contributed by atoms with Crippen molar-refractivity contribution in [3.63, 3.8) is 0 Å². The predicted octanol–water partition coefficient (Wildman–Crippen LogP) is 3.12. The molecule has 1 fully saturated rings. The van der Waals surface area contributed by atoms with Gasteiger partial charge >= 0.3 is 12.7 Å². The average Bonchev–Trinajstić information content (AvgIpc) is 2.89. The van der Waals surface area contributed by atoms with Gasteiger partial charge in [0.1, 0.15) is 0 Å². The molecule has 1 unspecified atom stereocenters. The summed E-state index contributed by atoms with van der Waals surface area (Å²) in [6, 6.07) is 22.6. The van der Waals surface area contributed by atoms with Gasteiger partial charge in [-0.05, 0) is 23.3 Å². The summed E-state index contributed by atoms with van der Waals surface area (Å²) in [4.78, 5) is 14.8. The highest BCUT2D eigenvalue weighted by Gasteiger charge is 2.60. The van der Waals surface area contributed by atoms with Crippen LogP contribution in [0, 0.1) is 0 Å². The van der Waals surface area contributed by atoms with Crippen molar-refractivity contribution in [1.82, 2.24) is 4.90 Å². The molecule has 1 saturated heterocycles. The van der Waals surface area contributed by atoms with Crippen LogP contribution < -0.4 is 5.46 Å². The second-order valence-electron chi connectivity index (χ2n) is 8.04. The summed E-state index contributed by atoms with van der Waals surface area (Å²) >= 11 is 0. The number of hydrogen-bond acceptors (Lipinski definition) is 2. The Morgan fingerprint density at radius 2 is 1.69 bits per heavy atom. The summed E-state index contributed by atoms with van der Waals surface area (Å²) in [5, 5.41) is 1.65. The zero-order valence-corrected chi connectivity index (χ0v) is 16.9. The van der Waals surface area contributed by atoms with Gasteiger partial charge in [0.25, 0.3) is 0 Å². The van der Waals surface area contributed by atoms with Crippen LogP contribution in [0.1, 0.15) is 12.5 Å². The lowest BCUT2D eigenvalue weighted by Crippen LogP contribution is -2.58. The normalized spacial score (nSPS) is 25.4. The zero-order valence-electron chi connectivity index (χ0n) is 16.9. The maximum atomic E-state index is 16.7. The molecule has 0 radical (unpaired) electrons. The molecule has 3 aromatic rings. The first-order chi connectivity index (χ1) is 13.8. The first-order valence-electron chi connectivity index (χ1n) is 9.73. The summed E-state index contributed by atoms with van der Waals surface area (Å²) < 4.78 is 23.8. The molecule has 0 aliphatic carbocycles. The molecule has 1 aliphatic rings. The Balaban J connectivity index is 1.90. The van der Waals surface area contributed by atoms with Crippen molar-refractivity contribution in [1.29, 1.82) is 0 Å². The fourth-order valence-electron chi connectivity index (χ4n) is 4.19. The fraction of sp³-hybridized carbons (Fsp3) is 0.217. The molecular formula is C23H24BFN2O2. The summed E-state index contributed by atoms with van der Waals surface area (Å²) in [6.45, 7) is -1.51. The van der Waals surface area contributed by atoms with Gasteiger partial charge in [-0.3, -0.25) is 9.69 Å². The van der Waals surface area contributed by atoms with Crippen molar-refractivity contribution in [2.75, 3.05) is 14.1 Å². The van der Waals surface area contributed by atoms with Gasteiger partial charge in [0.15, 0.2) is 11.9 Å². The summed E-state index contributed by atoms with van der Waals surface area (Å²) in [5.74, 6) is -0.560. The van der Waals surface area contributed by atoms with E-state index in [1.54, 1.807) is 30.3 Å². The third-order valence-electron chi connectivity index (χ3n) is 5.58. The molecule has 0 bridgehead atoms. The average molecular weight is 390 g/mol. The minimum absolute atomic E-state index is 0.342. The molecule has 3 aromatic carbocycles. The van der Waals surface area contributed by atoms with Crippen molar-refractivity contribution >= 4 is 35.3 Å². The van der Waals surface area contributed by atoms with E-state index in [0.717, 1.165) is 16.3 Å². The van der Waals surface area contributed by atoms with E-state index in [9.17, 15) is 4.79 Å². The third kappa shape index (κ3) is 3.18. The van der Waals surface area contributed by atoms with Gasteiger partial charge in [-0.1, -0.05) is 78.3 Å². The minimum Gasteiger partial charge on any atom is -0.619 e. The molecule has 0 spiro atoms. The van der Waals surface area contributed by atoms with E-state index < -0.39 is 18.3 Å². The van der Waals surface area contributed by atoms with Crippen LogP contribution in [0.15, 0.2) is 72.8 Å². The lowest BCUT2D eigenvalue weighted by Gasteiger charge is -2.32. The van der Waals surface area contributed by atoms with Crippen LogP contribution in [0.4, 0.5) is 4.32 Å². The van der Waals surface area contributed by atoms with Crippen molar-refractivity contribution < 1.29 is 18.3 Å². The number of benzene rings is 3. The molecule has 4 rings (SSSR count). The topological polar surface area (TPSA) is 32.5 Å². The van der Waals surface area contributed by atoms with E-state index >= 15 is 4.32 Å². The first kappa shape index (κ1) is 19.2. The van der Waals surface area contributed by atoms with Crippen LogP contribution in [-0.2, 0) is 15.9 Å². The van der Waals surface area contributed by atoms with Crippen LogP contribution >= 0.6 is 0 Å². The molecule has 0 aromatic heterocycles. The molecule has 0 amide bonds. The van der Waals surface area contributed by atoms with Gasteiger partial charge in [-0.15, -0.1) is 0 Å². The molecule has 148 valence electrons. The van der Waals surface area contributed by atoms with Gasteiger partial charge in [-0.2, -0.15) is 0 Å². The van der Waals surface area contributed by atoms with Gasteiger partial charge in [0.2, 0.25) is 0 Å².